The van der Waals surface area contributed by atoms with Crippen molar-refractivity contribution in [1.29, 1.82) is 0 Å². The zero-order chi connectivity index (χ0) is 17.0. The van der Waals surface area contributed by atoms with Crippen LogP contribution in [0.25, 0.3) is 0 Å². The van der Waals surface area contributed by atoms with Crippen LogP contribution in [0.5, 0.6) is 0 Å². The molecule has 122 valence electrons. The van der Waals surface area contributed by atoms with E-state index in [0.717, 1.165) is 9.26 Å². The first-order valence-electron chi connectivity index (χ1n) is 6.71. The van der Waals surface area contributed by atoms with Gasteiger partial charge in [0.2, 0.25) is 15.9 Å². The zero-order valence-electron chi connectivity index (χ0n) is 12.3. The quantitative estimate of drug-likeness (QED) is 0.616. The predicted octanol–water partition coefficient (Wildman–Crippen LogP) is 2.38. The lowest BCUT2D eigenvalue weighted by Crippen LogP contribution is -2.31. The monoisotopic (exact) mass is 445 g/mol. The molecule has 0 aromatic heterocycles. The lowest BCUT2D eigenvalue weighted by molar-refractivity contribution is -0.116. The Morgan fingerprint density at radius 3 is 2.35 bits per heavy atom. The standard InChI is InChI=1S/C15H16IN3O3S/c1-10(18-13-4-2-3-11(16)9-13)15(20)19-12-5-7-14(8-6-12)23(17,21)22/h2-10,18H,1H3,(H,19,20)(H2,17,21,22). The molecule has 0 aliphatic heterocycles. The number of rotatable bonds is 5. The second-order valence-electron chi connectivity index (χ2n) is 4.94. The zero-order valence-corrected chi connectivity index (χ0v) is 15.3. The van der Waals surface area contributed by atoms with Crippen LogP contribution in [-0.2, 0) is 14.8 Å². The molecule has 0 bridgehead atoms. The SMILES string of the molecule is CC(Nc1cccc(I)c1)C(=O)Nc1ccc(S(N)(=O)=O)cc1. The maximum atomic E-state index is 12.2. The number of sulfonamides is 1. The van der Waals surface area contributed by atoms with Crippen molar-refractivity contribution in [2.45, 2.75) is 17.9 Å². The molecule has 0 saturated heterocycles. The van der Waals surface area contributed by atoms with E-state index in [1.54, 1.807) is 6.92 Å². The van der Waals surface area contributed by atoms with Gasteiger partial charge in [-0.1, -0.05) is 6.07 Å². The molecule has 1 amide bonds. The van der Waals surface area contributed by atoms with E-state index in [0.29, 0.717) is 5.69 Å². The van der Waals surface area contributed by atoms with Crippen molar-refractivity contribution in [2.24, 2.45) is 5.14 Å². The van der Waals surface area contributed by atoms with Gasteiger partial charge in [-0.2, -0.15) is 0 Å². The second-order valence-corrected chi connectivity index (χ2v) is 7.74. The van der Waals surface area contributed by atoms with Gasteiger partial charge in [-0.25, -0.2) is 13.6 Å². The fourth-order valence-electron chi connectivity index (χ4n) is 1.87. The normalized spacial score (nSPS) is 12.5. The Morgan fingerprint density at radius 1 is 1.13 bits per heavy atom. The molecular weight excluding hydrogens is 429 g/mol. The number of primary sulfonamides is 1. The molecule has 0 fully saturated rings. The summed E-state index contributed by atoms with van der Waals surface area (Å²) in [7, 11) is -3.73. The number of nitrogens with one attached hydrogen (secondary N) is 2. The van der Waals surface area contributed by atoms with Crippen molar-refractivity contribution in [1.82, 2.24) is 0 Å². The topological polar surface area (TPSA) is 101 Å². The van der Waals surface area contributed by atoms with Crippen molar-refractivity contribution in [2.75, 3.05) is 10.6 Å². The van der Waals surface area contributed by atoms with Crippen molar-refractivity contribution in [3.8, 4) is 0 Å². The number of halogens is 1. The number of benzene rings is 2. The summed E-state index contributed by atoms with van der Waals surface area (Å²) in [6.07, 6.45) is 0. The highest BCUT2D eigenvalue weighted by atomic mass is 127. The molecule has 0 heterocycles. The Balaban J connectivity index is 2.01. The molecule has 0 saturated carbocycles. The van der Waals surface area contributed by atoms with E-state index in [1.807, 2.05) is 24.3 Å². The first kappa shape index (κ1) is 17.7. The molecule has 2 aromatic carbocycles. The number of nitrogens with two attached hydrogens (primary N) is 1. The van der Waals surface area contributed by atoms with Gasteiger partial charge in [0, 0.05) is 14.9 Å². The Morgan fingerprint density at radius 2 is 1.78 bits per heavy atom. The van der Waals surface area contributed by atoms with Crippen LogP contribution in [0.15, 0.2) is 53.4 Å². The van der Waals surface area contributed by atoms with Crippen LogP contribution in [0.3, 0.4) is 0 Å². The number of hydrogen-bond donors (Lipinski definition) is 3. The van der Waals surface area contributed by atoms with E-state index in [-0.39, 0.29) is 10.8 Å². The minimum atomic E-state index is -3.73. The summed E-state index contributed by atoms with van der Waals surface area (Å²) < 4.78 is 23.4. The minimum absolute atomic E-state index is 0.000494. The van der Waals surface area contributed by atoms with E-state index >= 15 is 0 Å². The lowest BCUT2D eigenvalue weighted by Gasteiger charge is -2.15. The fraction of sp³-hybridized carbons (Fsp3) is 0.133. The van der Waals surface area contributed by atoms with Gasteiger partial charge in [0.1, 0.15) is 6.04 Å². The molecule has 23 heavy (non-hydrogen) atoms. The number of hydrogen-bond acceptors (Lipinski definition) is 4. The first-order valence-corrected chi connectivity index (χ1v) is 9.34. The molecule has 1 unspecified atom stereocenters. The second kappa shape index (κ2) is 7.28. The number of carbonyl (C=O) groups excluding carboxylic acids is 1. The van der Waals surface area contributed by atoms with E-state index in [1.165, 1.54) is 24.3 Å². The van der Waals surface area contributed by atoms with Crippen molar-refractivity contribution in [3.05, 3.63) is 52.1 Å². The van der Waals surface area contributed by atoms with Crippen LogP contribution in [0.2, 0.25) is 0 Å². The molecule has 0 radical (unpaired) electrons. The van der Waals surface area contributed by atoms with Crippen LogP contribution in [-0.4, -0.2) is 20.4 Å². The highest BCUT2D eigenvalue weighted by Crippen LogP contribution is 2.15. The van der Waals surface area contributed by atoms with Crippen molar-refractivity contribution >= 4 is 49.9 Å². The maximum Gasteiger partial charge on any atom is 0.246 e. The molecule has 0 spiro atoms. The third-order valence-corrected chi connectivity index (χ3v) is 4.65. The molecule has 2 aromatic rings. The van der Waals surface area contributed by atoms with E-state index < -0.39 is 16.1 Å². The van der Waals surface area contributed by atoms with Gasteiger partial charge >= 0.3 is 0 Å². The number of carbonyl (C=O) groups is 1. The summed E-state index contributed by atoms with van der Waals surface area (Å²) in [5.41, 5.74) is 1.35. The van der Waals surface area contributed by atoms with Gasteiger partial charge in [0.05, 0.1) is 4.90 Å². The van der Waals surface area contributed by atoms with Crippen LogP contribution < -0.4 is 15.8 Å². The Kier molecular flexibility index (Phi) is 5.60. The highest BCUT2D eigenvalue weighted by molar-refractivity contribution is 14.1. The maximum absolute atomic E-state index is 12.2. The van der Waals surface area contributed by atoms with Crippen LogP contribution in [0.4, 0.5) is 11.4 Å². The van der Waals surface area contributed by atoms with Gasteiger partial charge in [0.25, 0.3) is 0 Å². The molecule has 0 aliphatic carbocycles. The van der Waals surface area contributed by atoms with E-state index in [2.05, 4.69) is 33.2 Å². The summed E-state index contributed by atoms with van der Waals surface area (Å²) in [5, 5.41) is 10.9. The Labute approximate surface area is 148 Å². The first-order chi connectivity index (χ1) is 10.8. The van der Waals surface area contributed by atoms with Crippen molar-refractivity contribution < 1.29 is 13.2 Å². The third kappa shape index (κ3) is 5.19. The van der Waals surface area contributed by atoms with Gasteiger partial charge in [-0.05, 0) is 72.0 Å². The van der Waals surface area contributed by atoms with Gasteiger partial charge in [-0.3, -0.25) is 4.79 Å². The van der Waals surface area contributed by atoms with E-state index in [4.69, 9.17) is 5.14 Å². The van der Waals surface area contributed by atoms with Crippen LogP contribution >= 0.6 is 22.6 Å². The largest absolute Gasteiger partial charge is 0.374 e. The third-order valence-electron chi connectivity index (χ3n) is 3.05. The molecular formula is C15H16IN3O3S. The molecule has 8 heteroatoms. The van der Waals surface area contributed by atoms with Crippen LogP contribution in [0, 0.1) is 3.57 Å². The average molecular weight is 445 g/mol. The molecule has 6 nitrogen and oxygen atoms in total. The minimum Gasteiger partial charge on any atom is -0.374 e. The van der Waals surface area contributed by atoms with Gasteiger partial charge in [0.15, 0.2) is 0 Å². The summed E-state index contributed by atoms with van der Waals surface area (Å²) >= 11 is 2.20. The van der Waals surface area contributed by atoms with Crippen molar-refractivity contribution in [3.63, 3.8) is 0 Å². The average Bonchev–Trinajstić information content (AvgIpc) is 2.46. The van der Waals surface area contributed by atoms with Crippen LogP contribution in [0.1, 0.15) is 6.92 Å². The predicted molar refractivity (Wildman–Crippen MR) is 98.7 cm³/mol. The van der Waals surface area contributed by atoms with Gasteiger partial charge in [-0.15, -0.1) is 0 Å². The highest BCUT2D eigenvalue weighted by Gasteiger charge is 2.13. The summed E-state index contributed by atoms with van der Waals surface area (Å²) in [6.45, 7) is 1.74. The lowest BCUT2D eigenvalue weighted by atomic mass is 10.2. The number of anilines is 2. The van der Waals surface area contributed by atoms with E-state index in [9.17, 15) is 13.2 Å². The fourth-order valence-corrected chi connectivity index (χ4v) is 2.93. The Hall–Kier alpha value is -1.65. The number of amides is 1. The summed E-state index contributed by atoms with van der Waals surface area (Å²) in [4.78, 5) is 12.2. The molecule has 1 atom stereocenters. The summed E-state index contributed by atoms with van der Waals surface area (Å²) in [6, 6.07) is 12.9. The molecule has 2 rings (SSSR count). The summed E-state index contributed by atoms with van der Waals surface area (Å²) in [5.74, 6) is -0.229. The molecule has 4 N–H and O–H groups in total. The smallest absolute Gasteiger partial charge is 0.246 e. The Bertz CT molecular complexity index is 807. The molecule has 0 aliphatic rings. The van der Waals surface area contributed by atoms with Gasteiger partial charge < -0.3 is 10.6 Å².